The van der Waals surface area contributed by atoms with Crippen LogP contribution in [0.15, 0.2) is 24.5 Å². The second-order valence-electron chi connectivity index (χ2n) is 2.29. The van der Waals surface area contributed by atoms with Gasteiger partial charge in [0.2, 0.25) is 0 Å². The van der Waals surface area contributed by atoms with E-state index in [9.17, 15) is 0 Å². The first-order valence-electron chi connectivity index (χ1n) is 3.15. The molecule has 0 unspecified atom stereocenters. The standard InChI is InChI=1S/C8H7N2.Y/c1-10-5-7-3-2-4-9-8(7)6-10;/h2-5H,1H3;/q-1;. The van der Waals surface area contributed by atoms with E-state index in [-0.39, 0.29) is 32.7 Å². The molecule has 3 heteroatoms. The molecular weight excluding hydrogens is 213 g/mol. The molecule has 2 aromatic rings. The number of aryl methyl sites for hydroxylation is 1. The number of hydrogen-bond donors (Lipinski definition) is 0. The van der Waals surface area contributed by atoms with E-state index in [4.69, 9.17) is 0 Å². The summed E-state index contributed by atoms with van der Waals surface area (Å²) in [6, 6.07) is 3.95. The van der Waals surface area contributed by atoms with E-state index in [0.29, 0.717) is 0 Å². The zero-order valence-corrected chi connectivity index (χ0v) is 9.12. The van der Waals surface area contributed by atoms with Gasteiger partial charge in [-0.25, -0.2) is 0 Å². The third kappa shape index (κ3) is 1.68. The van der Waals surface area contributed by atoms with Gasteiger partial charge in [0.25, 0.3) is 0 Å². The minimum atomic E-state index is 0. The summed E-state index contributed by atoms with van der Waals surface area (Å²) in [6.45, 7) is 0. The predicted molar refractivity (Wildman–Crippen MR) is 39.6 cm³/mol. The summed E-state index contributed by atoms with van der Waals surface area (Å²) >= 11 is 0. The maximum Gasteiger partial charge on any atom is 0.0239 e. The van der Waals surface area contributed by atoms with Crippen LogP contribution in [0.5, 0.6) is 0 Å². The number of nitrogens with zero attached hydrogens (tertiary/aromatic N) is 2. The van der Waals surface area contributed by atoms with Crippen molar-refractivity contribution < 1.29 is 32.7 Å². The zero-order valence-electron chi connectivity index (χ0n) is 6.28. The van der Waals surface area contributed by atoms with Gasteiger partial charge in [0, 0.05) is 38.9 Å². The van der Waals surface area contributed by atoms with Crippen molar-refractivity contribution in [2.45, 2.75) is 0 Å². The first-order chi connectivity index (χ1) is 4.86. The molecule has 2 heterocycles. The van der Waals surface area contributed by atoms with Crippen molar-refractivity contribution in [3.63, 3.8) is 0 Å². The topological polar surface area (TPSA) is 17.8 Å². The summed E-state index contributed by atoms with van der Waals surface area (Å²) in [5, 5.41) is 1.14. The number of rotatable bonds is 0. The number of aromatic nitrogens is 2. The Kier molecular flexibility index (Phi) is 2.80. The van der Waals surface area contributed by atoms with Crippen LogP contribution in [0.3, 0.4) is 0 Å². The maximum absolute atomic E-state index is 4.13. The molecule has 0 aliphatic rings. The van der Waals surface area contributed by atoms with Gasteiger partial charge in [-0.2, -0.15) is 0 Å². The van der Waals surface area contributed by atoms with Crippen LogP contribution in [0.1, 0.15) is 0 Å². The molecule has 2 rings (SSSR count). The Morgan fingerprint density at radius 3 is 3.09 bits per heavy atom. The van der Waals surface area contributed by atoms with Crippen LogP contribution in [0.25, 0.3) is 10.9 Å². The molecule has 0 amide bonds. The Morgan fingerprint density at radius 1 is 1.55 bits per heavy atom. The van der Waals surface area contributed by atoms with Gasteiger partial charge in [0.15, 0.2) is 0 Å². The quantitative estimate of drug-likeness (QED) is 0.613. The average molecular weight is 220 g/mol. The number of hydrogen-bond acceptors (Lipinski definition) is 1. The predicted octanol–water partition coefficient (Wildman–Crippen LogP) is 1.37. The van der Waals surface area contributed by atoms with Gasteiger partial charge in [-0.05, 0) is 12.6 Å². The van der Waals surface area contributed by atoms with E-state index in [1.807, 2.05) is 29.9 Å². The minimum absolute atomic E-state index is 0. The zero-order chi connectivity index (χ0) is 6.97. The Morgan fingerprint density at radius 2 is 2.36 bits per heavy atom. The van der Waals surface area contributed by atoms with Crippen LogP contribution in [-0.4, -0.2) is 9.55 Å². The fourth-order valence-electron chi connectivity index (χ4n) is 1.02. The molecule has 2 aromatic heterocycles. The van der Waals surface area contributed by atoms with Crippen LogP contribution in [0.2, 0.25) is 0 Å². The second-order valence-corrected chi connectivity index (χ2v) is 2.29. The third-order valence-corrected chi connectivity index (χ3v) is 1.45. The molecule has 0 fully saturated rings. The average Bonchev–Trinajstić information content (AvgIpc) is 2.27. The number of fused-ring (bicyclic) bond motifs is 1. The summed E-state index contributed by atoms with van der Waals surface area (Å²) in [5.41, 5.74) is 0.935. The van der Waals surface area contributed by atoms with Crippen molar-refractivity contribution in [1.82, 2.24) is 9.55 Å². The molecule has 0 saturated carbocycles. The van der Waals surface area contributed by atoms with Crippen LogP contribution < -0.4 is 0 Å². The normalized spacial score (nSPS) is 9.55. The van der Waals surface area contributed by atoms with Crippen LogP contribution in [-0.2, 0) is 39.8 Å². The van der Waals surface area contributed by atoms with Crippen molar-refractivity contribution in [3.05, 3.63) is 30.7 Å². The number of pyridine rings is 1. The largest absolute Gasteiger partial charge is 0.471 e. The molecule has 0 atom stereocenters. The molecule has 0 N–H and O–H groups in total. The van der Waals surface area contributed by atoms with Crippen molar-refractivity contribution in [1.29, 1.82) is 0 Å². The van der Waals surface area contributed by atoms with Gasteiger partial charge < -0.3 is 4.57 Å². The first-order valence-corrected chi connectivity index (χ1v) is 3.15. The molecule has 1 radical (unpaired) electrons. The van der Waals surface area contributed by atoms with E-state index in [2.05, 4.69) is 11.2 Å². The van der Waals surface area contributed by atoms with Gasteiger partial charge in [-0.3, -0.25) is 4.98 Å². The molecule has 0 spiro atoms. The van der Waals surface area contributed by atoms with Crippen LogP contribution in [0, 0.1) is 6.20 Å². The van der Waals surface area contributed by atoms with Crippen molar-refractivity contribution in [3.8, 4) is 0 Å². The van der Waals surface area contributed by atoms with Crippen molar-refractivity contribution in [2.75, 3.05) is 0 Å². The summed E-state index contributed by atoms with van der Waals surface area (Å²) in [7, 11) is 1.95. The summed E-state index contributed by atoms with van der Waals surface area (Å²) in [5.74, 6) is 0. The van der Waals surface area contributed by atoms with Crippen molar-refractivity contribution in [2.24, 2.45) is 7.05 Å². The van der Waals surface area contributed by atoms with Gasteiger partial charge >= 0.3 is 0 Å². The fourth-order valence-corrected chi connectivity index (χ4v) is 1.02. The van der Waals surface area contributed by atoms with E-state index < -0.39 is 0 Å². The van der Waals surface area contributed by atoms with E-state index in [1.165, 1.54) is 0 Å². The SMILES string of the molecule is Cn1[c-]c2ncccc2c1.[Y]. The second kappa shape index (κ2) is 3.46. The Balaban J connectivity index is 0.000000605. The molecule has 0 aliphatic heterocycles. The van der Waals surface area contributed by atoms with E-state index >= 15 is 0 Å². The molecule has 53 valence electrons. The molecule has 0 saturated heterocycles. The van der Waals surface area contributed by atoms with Crippen molar-refractivity contribution >= 4 is 10.9 Å². The maximum atomic E-state index is 4.13. The van der Waals surface area contributed by atoms with Crippen LogP contribution >= 0.6 is 0 Å². The summed E-state index contributed by atoms with van der Waals surface area (Å²) in [4.78, 5) is 4.13. The third-order valence-electron chi connectivity index (χ3n) is 1.45. The minimum Gasteiger partial charge on any atom is -0.471 e. The molecule has 0 aromatic carbocycles. The molecule has 11 heavy (non-hydrogen) atoms. The van der Waals surface area contributed by atoms with Gasteiger partial charge in [0.05, 0.1) is 0 Å². The van der Waals surface area contributed by atoms with E-state index in [0.717, 1.165) is 10.9 Å². The first kappa shape index (κ1) is 8.89. The van der Waals surface area contributed by atoms with Crippen LogP contribution in [0.4, 0.5) is 0 Å². The van der Waals surface area contributed by atoms with Gasteiger partial charge in [-0.15, -0.1) is 17.6 Å². The molecular formula is C8H7N2Y-. The molecule has 0 bridgehead atoms. The Hall–Kier alpha value is -0.206. The Labute approximate surface area is 90.5 Å². The summed E-state index contributed by atoms with van der Waals surface area (Å²) in [6.07, 6.45) is 6.84. The smallest absolute Gasteiger partial charge is 0.0239 e. The summed E-state index contributed by atoms with van der Waals surface area (Å²) < 4.78 is 1.89. The monoisotopic (exact) mass is 220 g/mol. The van der Waals surface area contributed by atoms with Gasteiger partial charge in [-0.1, -0.05) is 12.3 Å². The van der Waals surface area contributed by atoms with Gasteiger partial charge in [0.1, 0.15) is 0 Å². The molecule has 2 nitrogen and oxygen atoms in total. The fraction of sp³-hybridized carbons (Fsp3) is 0.125. The van der Waals surface area contributed by atoms with E-state index in [1.54, 1.807) is 6.20 Å². The molecule has 0 aliphatic carbocycles. The Bertz CT molecular complexity index is 321.